The number of anilines is 1. The van der Waals surface area contributed by atoms with E-state index in [1.807, 2.05) is 60.7 Å². The molecule has 0 saturated heterocycles. The van der Waals surface area contributed by atoms with Crippen LogP contribution >= 0.6 is 0 Å². The van der Waals surface area contributed by atoms with Gasteiger partial charge >= 0.3 is 5.69 Å². The van der Waals surface area contributed by atoms with Gasteiger partial charge in [-0.25, -0.2) is 9.36 Å². The van der Waals surface area contributed by atoms with E-state index in [0.717, 1.165) is 16.8 Å². The van der Waals surface area contributed by atoms with Crippen LogP contribution in [0, 0.1) is 0 Å². The molecule has 4 aromatic carbocycles. The van der Waals surface area contributed by atoms with Gasteiger partial charge in [-0.2, -0.15) is 0 Å². The summed E-state index contributed by atoms with van der Waals surface area (Å²) in [7, 11) is 1.59. The fraction of sp³-hybridized carbons (Fsp3) is 0.100. The van der Waals surface area contributed by atoms with E-state index >= 15 is 0 Å². The second-order valence-electron chi connectivity index (χ2n) is 8.64. The van der Waals surface area contributed by atoms with Gasteiger partial charge in [-0.05, 0) is 59.7 Å². The first-order valence-corrected chi connectivity index (χ1v) is 11.9. The number of benzene rings is 4. The molecule has 1 N–H and O–H groups in total. The number of methoxy groups -OCH3 is 1. The molecule has 7 nitrogen and oxygen atoms in total. The van der Waals surface area contributed by atoms with E-state index in [0.29, 0.717) is 22.3 Å². The van der Waals surface area contributed by atoms with Crippen molar-refractivity contribution in [2.45, 2.75) is 13.0 Å². The van der Waals surface area contributed by atoms with Crippen LogP contribution in [0.25, 0.3) is 16.6 Å². The molecule has 1 heterocycles. The molecule has 7 heteroatoms. The van der Waals surface area contributed by atoms with Crippen molar-refractivity contribution >= 4 is 22.5 Å². The Morgan fingerprint density at radius 2 is 1.54 bits per heavy atom. The van der Waals surface area contributed by atoms with Crippen LogP contribution in [-0.4, -0.2) is 22.2 Å². The zero-order valence-corrected chi connectivity index (χ0v) is 20.3. The summed E-state index contributed by atoms with van der Waals surface area (Å²) in [6.45, 7) is 0.272. The molecule has 0 aliphatic rings. The minimum absolute atomic E-state index is 0.150. The summed E-state index contributed by atoms with van der Waals surface area (Å²) in [6.07, 6.45) is 0.169. The molecule has 37 heavy (non-hydrogen) atoms. The Bertz CT molecular complexity index is 1690. The van der Waals surface area contributed by atoms with Gasteiger partial charge in [-0.3, -0.25) is 14.2 Å². The van der Waals surface area contributed by atoms with Crippen LogP contribution < -0.4 is 21.3 Å². The van der Waals surface area contributed by atoms with E-state index < -0.39 is 11.2 Å². The first-order valence-electron chi connectivity index (χ1n) is 11.9. The normalized spacial score (nSPS) is 10.8. The third-order valence-electron chi connectivity index (χ3n) is 6.14. The van der Waals surface area contributed by atoms with E-state index in [4.69, 9.17) is 4.74 Å². The van der Waals surface area contributed by atoms with Crippen LogP contribution in [0.1, 0.15) is 11.1 Å². The Labute approximate surface area is 213 Å². The molecule has 0 atom stereocenters. The number of ether oxygens (including phenoxy) is 1. The maximum absolute atomic E-state index is 13.7. The molecule has 1 amide bonds. The lowest BCUT2D eigenvalue weighted by Gasteiger charge is -2.15. The minimum Gasteiger partial charge on any atom is -0.497 e. The summed E-state index contributed by atoms with van der Waals surface area (Å²) in [5.74, 6) is 0.539. The maximum Gasteiger partial charge on any atom is 0.336 e. The molecule has 1 aromatic heterocycles. The number of carbonyl (C=O) groups excluding carboxylic acids is 1. The van der Waals surface area contributed by atoms with E-state index in [1.165, 1.54) is 4.57 Å². The number of hydrogen-bond donors (Lipinski definition) is 1. The second-order valence-corrected chi connectivity index (χ2v) is 8.64. The highest BCUT2D eigenvalue weighted by Crippen LogP contribution is 2.17. The number of para-hydroxylation sites is 2. The standard InChI is InChI=1S/C30H25N3O4/c1-37-25-11-7-8-22(18-25)20-32-27-13-6-5-12-26(27)29(35)33(30(32)36)24-16-14-21(15-17-24)19-28(34)31-23-9-3-2-4-10-23/h2-18H,19-20H2,1H3,(H,31,34). The van der Waals surface area contributed by atoms with Crippen LogP contribution in [0.4, 0.5) is 5.69 Å². The summed E-state index contributed by atoms with van der Waals surface area (Å²) >= 11 is 0. The zero-order valence-electron chi connectivity index (χ0n) is 20.3. The van der Waals surface area contributed by atoms with Crippen molar-refractivity contribution in [3.05, 3.63) is 135 Å². The van der Waals surface area contributed by atoms with Crippen molar-refractivity contribution in [3.8, 4) is 11.4 Å². The summed E-state index contributed by atoms with van der Waals surface area (Å²) < 4.78 is 8.09. The van der Waals surface area contributed by atoms with Gasteiger partial charge in [0.15, 0.2) is 0 Å². The SMILES string of the molecule is COc1cccc(Cn2c(=O)n(-c3ccc(CC(=O)Nc4ccccc4)cc3)c(=O)c3ccccc32)c1. The molecule has 0 fully saturated rings. The Balaban J connectivity index is 1.49. The molecule has 0 radical (unpaired) electrons. The quantitative estimate of drug-likeness (QED) is 0.366. The Morgan fingerprint density at radius 3 is 2.30 bits per heavy atom. The third-order valence-corrected chi connectivity index (χ3v) is 6.14. The number of fused-ring (bicyclic) bond motifs is 1. The van der Waals surface area contributed by atoms with E-state index in [2.05, 4.69) is 5.32 Å². The van der Waals surface area contributed by atoms with Crippen molar-refractivity contribution in [1.29, 1.82) is 0 Å². The molecule has 0 aliphatic heterocycles. The Hall–Kier alpha value is -4.91. The van der Waals surface area contributed by atoms with Crippen molar-refractivity contribution in [3.63, 3.8) is 0 Å². The topological polar surface area (TPSA) is 82.3 Å². The lowest BCUT2D eigenvalue weighted by molar-refractivity contribution is -0.115. The van der Waals surface area contributed by atoms with Crippen LogP contribution in [-0.2, 0) is 17.8 Å². The largest absolute Gasteiger partial charge is 0.497 e. The fourth-order valence-electron chi connectivity index (χ4n) is 4.33. The summed E-state index contributed by atoms with van der Waals surface area (Å²) in [5, 5.41) is 3.30. The van der Waals surface area contributed by atoms with Crippen molar-refractivity contribution in [1.82, 2.24) is 9.13 Å². The number of carbonyl (C=O) groups is 1. The van der Waals surface area contributed by atoms with Gasteiger partial charge in [-0.15, -0.1) is 0 Å². The summed E-state index contributed by atoms with van der Waals surface area (Å²) in [6, 6.07) is 30.7. The van der Waals surface area contributed by atoms with E-state index in [1.54, 1.807) is 54.1 Å². The average molecular weight is 492 g/mol. The van der Waals surface area contributed by atoms with Crippen LogP contribution in [0.15, 0.2) is 113 Å². The highest BCUT2D eigenvalue weighted by Gasteiger charge is 2.15. The van der Waals surface area contributed by atoms with Crippen molar-refractivity contribution in [2.24, 2.45) is 0 Å². The highest BCUT2D eigenvalue weighted by molar-refractivity contribution is 5.92. The lowest BCUT2D eigenvalue weighted by atomic mass is 10.1. The molecule has 0 unspecified atom stereocenters. The average Bonchev–Trinajstić information content (AvgIpc) is 2.92. The Kier molecular flexibility index (Phi) is 6.68. The van der Waals surface area contributed by atoms with Gasteiger partial charge in [0.1, 0.15) is 5.75 Å². The first kappa shape index (κ1) is 23.8. The number of amides is 1. The van der Waals surface area contributed by atoms with Crippen LogP contribution in [0.2, 0.25) is 0 Å². The number of nitrogens with one attached hydrogen (secondary N) is 1. The number of hydrogen-bond acceptors (Lipinski definition) is 4. The first-order chi connectivity index (χ1) is 18.0. The monoisotopic (exact) mass is 491 g/mol. The van der Waals surface area contributed by atoms with Crippen LogP contribution in [0.3, 0.4) is 0 Å². The molecule has 5 aromatic rings. The van der Waals surface area contributed by atoms with Crippen molar-refractivity contribution < 1.29 is 9.53 Å². The maximum atomic E-state index is 13.7. The predicted octanol–water partition coefficient (Wildman–Crippen LogP) is 4.39. The lowest BCUT2D eigenvalue weighted by Crippen LogP contribution is -2.39. The minimum atomic E-state index is -0.443. The molecule has 0 bridgehead atoms. The molecular formula is C30H25N3O4. The molecule has 184 valence electrons. The number of nitrogens with zero attached hydrogens (tertiary/aromatic N) is 2. The highest BCUT2D eigenvalue weighted by atomic mass is 16.5. The number of rotatable bonds is 7. The fourth-order valence-corrected chi connectivity index (χ4v) is 4.33. The molecular weight excluding hydrogens is 466 g/mol. The van der Waals surface area contributed by atoms with E-state index in [9.17, 15) is 14.4 Å². The second kappa shape index (κ2) is 10.4. The van der Waals surface area contributed by atoms with Crippen molar-refractivity contribution in [2.75, 3.05) is 12.4 Å². The Morgan fingerprint density at radius 1 is 0.811 bits per heavy atom. The third kappa shape index (κ3) is 5.06. The molecule has 0 aliphatic carbocycles. The van der Waals surface area contributed by atoms with Gasteiger partial charge in [0.05, 0.1) is 36.7 Å². The summed E-state index contributed by atoms with van der Waals surface area (Å²) in [5.41, 5.74) is 2.53. The molecule has 0 spiro atoms. The number of aromatic nitrogens is 2. The zero-order chi connectivity index (χ0) is 25.8. The van der Waals surface area contributed by atoms with Gasteiger partial charge in [-0.1, -0.05) is 54.6 Å². The van der Waals surface area contributed by atoms with Gasteiger partial charge in [0.25, 0.3) is 5.56 Å². The summed E-state index contributed by atoms with van der Waals surface area (Å²) in [4.78, 5) is 39.5. The molecule has 5 rings (SSSR count). The van der Waals surface area contributed by atoms with E-state index in [-0.39, 0.29) is 18.9 Å². The van der Waals surface area contributed by atoms with Gasteiger partial charge in [0, 0.05) is 5.69 Å². The molecule has 0 saturated carbocycles. The van der Waals surface area contributed by atoms with Gasteiger partial charge < -0.3 is 10.1 Å². The van der Waals surface area contributed by atoms with Crippen LogP contribution in [0.5, 0.6) is 5.75 Å². The smallest absolute Gasteiger partial charge is 0.336 e. The van der Waals surface area contributed by atoms with Gasteiger partial charge in [0.2, 0.25) is 5.91 Å². The predicted molar refractivity (Wildman–Crippen MR) is 145 cm³/mol.